The normalized spacial score (nSPS) is 15.7. The number of H-pyrrole nitrogens is 1. The summed E-state index contributed by atoms with van der Waals surface area (Å²) in [5.74, 6) is -0.408. The standard InChI is InChI=1S/C26H20ClF3N4O5S/c27-20-5-2-12-31-21(20)9-6-16-7-10-23-22(13-16)34(15-18(38-23)8-11-24-32-33-25(35)39-24)40(36,37)19-4-1-3-17(14-19)26(28,29)30/h1-7,9-10,12-14,18H,8,11,15H2,(H,33,35)/t18-/m0/s1. The molecule has 14 heteroatoms. The van der Waals surface area contributed by atoms with Crippen molar-refractivity contribution < 1.29 is 30.7 Å². The van der Waals surface area contributed by atoms with Gasteiger partial charge in [0.25, 0.3) is 10.0 Å². The molecule has 2 aromatic carbocycles. The number of hydrogen-bond acceptors (Lipinski definition) is 7. The van der Waals surface area contributed by atoms with Crippen LogP contribution in [-0.2, 0) is 22.6 Å². The number of nitrogens with zero attached hydrogens (tertiary/aromatic N) is 3. The maximum Gasteiger partial charge on any atom is 0.434 e. The predicted molar refractivity (Wildman–Crippen MR) is 140 cm³/mol. The van der Waals surface area contributed by atoms with Gasteiger partial charge in [-0.05, 0) is 60.5 Å². The summed E-state index contributed by atoms with van der Waals surface area (Å²) in [6.45, 7) is -0.209. The number of aryl methyl sites for hydroxylation is 1. The Morgan fingerprint density at radius 3 is 2.67 bits per heavy atom. The number of pyridine rings is 1. The van der Waals surface area contributed by atoms with Gasteiger partial charge < -0.3 is 9.15 Å². The molecule has 2 aromatic heterocycles. The summed E-state index contributed by atoms with van der Waals surface area (Å²) in [5.41, 5.74) is 0.132. The van der Waals surface area contributed by atoms with Crippen LogP contribution in [0.15, 0.2) is 74.9 Å². The first-order chi connectivity index (χ1) is 19.0. The predicted octanol–water partition coefficient (Wildman–Crippen LogP) is 5.19. The summed E-state index contributed by atoms with van der Waals surface area (Å²) in [5, 5.41) is 6.30. The highest BCUT2D eigenvalue weighted by Crippen LogP contribution is 2.40. The molecule has 0 bridgehead atoms. The minimum Gasteiger partial charge on any atom is -0.486 e. The fourth-order valence-electron chi connectivity index (χ4n) is 4.12. The molecule has 0 aliphatic carbocycles. The second kappa shape index (κ2) is 10.8. The maximum absolute atomic E-state index is 13.8. The maximum atomic E-state index is 13.8. The molecule has 0 fully saturated rings. The summed E-state index contributed by atoms with van der Waals surface area (Å²) in [6.07, 6.45) is -0.179. The number of alkyl halides is 3. The smallest absolute Gasteiger partial charge is 0.434 e. The van der Waals surface area contributed by atoms with Crippen molar-refractivity contribution in [3.8, 4) is 5.75 Å². The lowest BCUT2D eigenvalue weighted by Crippen LogP contribution is -2.43. The van der Waals surface area contributed by atoms with Crippen LogP contribution in [-0.4, -0.2) is 36.2 Å². The van der Waals surface area contributed by atoms with Crippen LogP contribution in [0.2, 0.25) is 5.02 Å². The second-order valence-corrected chi connectivity index (χ2v) is 11.0. The largest absolute Gasteiger partial charge is 0.486 e. The Balaban J connectivity index is 1.52. The zero-order valence-electron chi connectivity index (χ0n) is 20.4. The lowest BCUT2D eigenvalue weighted by molar-refractivity contribution is -0.137. The van der Waals surface area contributed by atoms with E-state index in [0.717, 1.165) is 22.5 Å². The average Bonchev–Trinajstić information content (AvgIpc) is 3.35. The first-order valence-corrected chi connectivity index (χ1v) is 13.7. The number of halogens is 4. The van der Waals surface area contributed by atoms with Crippen LogP contribution in [0.25, 0.3) is 12.2 Å². The highest BCUT2D eigenvalue weighted by molar-refractivity contribution is 7.92. The third kappa shape index (κ3) is 5.89. The molecule has 0 amide bonds. The minimum atomic E-state index is -4.73. The lowest BCUT2D eigenvalue weighted by atomic mass is 10.1. The number of rotatable bonds is 7. The quantitative estimate of drug-likeness (QED) is 0.314. The first kappa shape index (κ1) is 27.5. The molecule has 0 radical (unpaired) electrons. The van der Waals surface area contributed by atoms with Gasteiger partial charge in [0.2, 0.25) is 5.89 Å². The number of anilines is 1. The van der Waals surface area contributed by atoms with Crippen molar-refractivity contribution in [3.63, 3.8) is 0 Å². The van der Waals surface area contributed by atoms with E-state index in [4.69, 9.17) is 20.8 Å². The van der Waals surface area contributed by atoms with Crippen molar-refractivity contribution in [2.75, 3.05) is 10.8 Å². The number of sulfonamides is 1. The van der Waals surface area contributed by atoms with E-state index in [0.29, 0.717) is 22.3 Å². The van der Waals surface area contributed by atoms with Crippen molar-refractivity contribution in [1.29, 1.82) is 0 Å². The van der Waals surface area contributed by atoms with Crippen molar-refractivity contribution >= 4 is 39.5 Å². The Morgan fingerprint density at radius 1 is 1.12 bits per heavy atom. The van der Waals surface area contributed by atoms with Gasteiger partial charge in [-0.3, -0.25) is 9.29 Å². The molecule has 1 atom stereocenters. The van der Waals surface area contributed by atoms with Crippen molar-refractivity contribution in [3.05, 3.63) is 99.1 Å². The van der Waals surface area contributed by atoms with Gasteiger partial charge in [0.05, 0.1) is 33.4 Å². The third-order valence-electron chi connectivity index (χ3n) is 6.05. The molecule has 0 spiro atoms. The monoisotopic (exact) mass is 592 g/mol. The Kier molecular flexibility index (Phi) is 7.43. The van der Waals surface area contributed by atoms with E-state index in [2.05, 4.69) is 15.2 Å². The molecule has 1 N–H and O–H groups in total. The van der Waals surface area contributed by atoms with Crippen LogP contribution in [0.4, 0.5) is 18.9 Å². The van der Waals surface area contributed by atoms with E-state index < -0.39 is 38.5 Å². The van der Waals surface area contributed by atoms with Gasteiger partial charge in [-0.15, -0.1) is 5.10 Å². The topological polar surface area (TPSA) is 118 Å². The number of aromatic amines is 1. The highest BCUT2D eigenvalue weighted by Gasteiger charge is 2.37. The zero-order valence-corrected chi connectivity index (χ0v) is 22.0. The molecule has 9 nitrogen and oxygen atoms in total. The summed E-state index contributed by atoms with van der Waals surface area (Å²) in [7, 11) is -4.46. The van der Waals surface area contributed by atoms with Crippen LogP contribution in [0, 0.1) is 0 Å². The SMILES string of the molecule is O=c1[nH]nc(CC[C@H]2CN(S(=O)(=O)c3cccc(C(F)(F)F)c3)c3cc(C=Cc4ncccc4Cl)ccc3O2)o1. The minimum absolute atomic E-state index is 0.111. The Bertz CT molecular complexity index is 1740. The van der Waals surface area contributed by atoms with Crippen LogP contribution in [0.1, 0.15) is 29.1 Å². The summed E-state index contributed by atoms with van der Waals surface area (Å²) in [6, 6.07) is 11.7. The molecule has 208 valence electrons. The van der Waals surface area contributed by atoms with Crippen molar-refractivity contribution in [2.24, 2.45) is 0 Å². The van der Waals surface area contributed by atoms with Crippen LogP contribution < -0.4 is 14.8 Å². The molecule has 0 saturated heterocycles. The first-order valence-electron chi connectivity index (χ1n) is 11.8. The fourth-order valence-corrected chi connectivity index (χ4v) is 5.85. The average molecular weight is 593 g/mol. The molecule has 0 saturated carbocycles. The van der Waals surface area contributed by atoms with E-state index in [1.807, 2.05) is 0 Å². The van der Waals surface area contributed by atoms with Gasteiger partial charge in [0.15, 0.2) is 0 Å². The highest BCUT2D eigenvalue weighted by atomic mass is 35.5. The van der Waals surface area contributed by atoms with E-state index >= 15 is 0 Å². The van der Waals surface area contributed by atoms with E-state index in [1.54, 1.807) is 48.7 Å². The molecule has 0 unspecified atom stereocenters. The Morgan fingerprint density at radius 2 is 1.95 bits per heavy atom. The molecule has 1 aliphatic rings. The Labute approximate surface area is 230 Å². The number of nitrogens with one attached hydrogen (secondary N) is 1. The number of hydrogen-bond donors (Lipinski definition) is 1. The molecule has 5 rings (SSSR count). The van der Waals surface area contributed by atoms with Crippen molar-refractivity contribution in [2.45, 2.75) is 30.0 Å². The number of ether oxygens (including phenoxy) is 1. The molecule has 4 aromatic rings. The van der Waals surface area contributed by atoms with Gasteiger partial charge in [0.1, 0.15) is 11.9 Å². The molecular weight excluding hydrogens is 573 g/mol. The molecular formula is C26H20ClF3N4O5S. The van der Waals surface area contributed by atoms with Crippen LogP contribution in [0.5, 0.6) is 5.75 Å². The van der Waals surface area contributed by atoms with E-state index in [9.17, 15) is 26.4 Å². The summed E-state index contributed by atoms with van der Waals surface area (Å²) >= 11 is 6.16. The van der Waals surface area contributed by atoms with Gasteiger partial charge in [-0.1, -0.05) is 29.8 Å². The number of benzene rings is 2. The summed E-state index contributed by atoms with van der Waals surface area (Å²) < 4.78 is 79.6. The van der Waals surface area contributed by atoms with E-state index in [1.165, 1.54) is 0 Å². The van der Waals surface area contributed by atoms with E-state index in [-0.39, 0.29) is 36.7 Å². The number of aromatic nitrogens is 3. The van der Waals surface area contributed by atoms with Gasteiger partial charge in [-0.25, -0.2) is 18.3 Å². The molecule has 1 aliphatic heterocycles. The van der Waals surface area contributed by atoms with Gasteiger partial charge in [0, 0.05) is 12.6 Å². The zero-order chi connectivity index (χ0) is 28.5. The third-order valence-corrected chi connectivity index (χ3v) is 8.14. The second-order valence-electron chi connectivity index (χ2n) is 8.78. The fraction of sp³-hybridized carbons (Fsp3) is 0.192. The van der Waals surface area contributed by atoms with Gasteiger partial charge in [-0.2, -0.15) is 13.2 Å². The lowest BCUT2D eigenvalue weighted by Gasteiger charge is -2.35. The molecule has 3 heterocycles. The van der Waals surface area contributed by atoms with Gasteiger partial charge >= 0.3 is 11.9 Å². The van der Waals surface area contributed by atoms with Crippen LogP contribution >= 0.6 is 11.6 Å². The van der Waals surface area contributed by atoms with Crippen LogP contribution in [0.3, 0.4) is 0 Å². The van der Waals surface area contributed by atoms with Crippen molar-refractivity contribution in [1.82, 2.24) is 15.2 Å². The number of fused-ring (bicyclic) bond motifs is 1. The Hall–Kier alpha value is -4.10. The molecule has 40 heavy (non-hydrogen) atoms. The summed E-state index contributed by atoms with van der Waals surface area (Å²) in [4.78, 5) is 14.9.